The van der Waals surface area contributed by atoms with Crippen molar-refractivity contribution in [1.82, 2.24) is 10.4 Å². The second kappa shape index (κ2) is 11.8. The monoisotopic (exact) mass is 419 g/mol. The Kier molecular flexibility index (Phi) is 10.2. The van der Waals surface area contributed by atoms with Gasteiger partial charge in [-0.3, -0.25) is 24.1 Å². The lowest BCUT2D eigenvalue weighted by Gasteiger charge is -2.31. The second-order valence-electron chi connectivity index (χ2n) is 9.24. The van der Waals surface area contributed by atoms with Gasteiger partial charge < -0.3 is 5.73 Å². The van der Waals surface area contributed by atoms with Crippen molar-refractivity contribution in [3.05, 3.63) is 35.9 Å². The van der Waals surface area contributed by atoms with Gasteiger partial charge >= 0.3 is 0 Å². The van der Waals surface area contributed by atoms with Crippen LogP contribution in [0, 0.1) is 17.3 Å². The van der Waals surface area contributed by atoms with Crippen molar-refractivity contribution < 1.29 is 19.2 Å². The van der Waals surface area contributed by atoms with Crippen molar-refractivity contribution in [1.29, 1.82) is 0 Å². The molecular weight excluding hydrogens is 382 g/mol. The minimum atomic E-state index is -0.777. The molecule has 1 rings (SSSR count). The number of hydrogen-bond donors (Lipinski definition) is 2. The number of imide groups is 1. The van der Waals surface area contributed by atoms with Gasteiger partial charge in [0.2, 0.25) is 17.7 Å². The standard InChI is InChI=1S/C23H37N3O4/c1-16(2)14-18(21(28)26(6)22(29)20(24)23(3,4)5)12-13-19(27)25-30-15-17-10-8-7-9-11-17/h7-11,16,18,20H,12-15,24H2,1-6H3,(H,25,27)/t18-,20-/m1/s1. The fraction of sp³-hybridized carbons (Fsp3) is 0.609. The highest BCUT2D eigenvalue weighted by Crippen LogP contribution is 2.23. The van der Waals surface area contributed by atoms with Gasteiger partial charge in [-0.2, -0.15) is 0 Å². The maximum absolute atomic E-state index is 12.9. The van der Waals surface area contributed by atoms with E-state index in [1.165, 1.54) is 7.05 Å². The Balaban J connectivity index is 2.62. The van der Waals surface area contributed by atoms with Gasteiger partial charge in [-0.15, -0.1) is 0 Å². The van der Waals surface area contributed by atoms with Gasteiger partial charge in [0.15, 0.2) is 0 Å². The number of rotatable bonds is 10. The topological polar surface area (TPSA) is 102 Å². The Labute approximate surface area is 180 Å². The van der Waals surface area contributed by atoms with Crippen LogP contribution in [-0.2, 0) is 25.8 Å². The highest BCUT2D eigenvalue weighted by atomic mass is 16.6. The summed E-state index contributed by atoms with van der Waals surface area (Å²) < 4.78 is 0. The van der Waals surface area contributed by atoms with Crippen LogP contribution in [0.5, 0.6) is 0 Å². The third-order valence-electron chi connectivity index (χ3n) is 4.95. The van der Waals surface area contributed by atoms with Gasteiger partial charge in [0.05, 0.1) is 12.6 Å². The molecule has 0 bridgehead atoms. The molecule has 3 N–H and O–H groups in total. The first-order valence-corrected chi connectivity index (χ1v) is 10.4. The summed E-state index contributed by atoms with van der Waals surface area (Å²) in [7, 11) is 1.46. The van der Waals surface area contributed by atoms with Crippen LogP contribution in [0.4, 0.5) is 0 Å². The average molecular weight is 420 g/mol. The lowest BCUT2D eigenvalue weighted by molar-refractivity contribution is -0.148. The fourth-order valence-corrected chi connectivity index (χ4v) is 3.00. The van der Waals surface area contributed by atoms with Crippen LogP contribution in [0.1, 0.15) is 59.4 Å². The van der Waals surface area contributed by atoms with Gasteiger partial charge in [-0.05, 0) is 29.7 Å². The third-order valence-corrected chi connectivity index (χ3v) is 4.95. The van der Waals surface area contributed by atoms with Gasteiger partial charge in [0.25, 0.3) is 0 Å². The molecule has 3 amide bonds. The highest BCUT2D eigenvalue weighted by molar-refractivity contribution is 5.98. The quantitative estimate of drug-likeness (QED) is 0.568. The lowest BCUT2D eigenvalue weighted by Crippen LogP contribution is -2.52. The molecule has 0 aliphatic rings. The molecule has 0 spiro atoms. The highest BCUT2D eigenvalue weighted by Gasteiger charge is 2.34. The van der Waals surface area contributed by atoms with Crippen LogP contribution >= 0.6 is 0 Å². The molecule has 2 atom stereocenters. The molecule has 168 valence electrons. The number of nitrogens with one attached hydrogen (secondary N) is 1. The minimum absolute atomic E-state index is 0.130. The van der Waals surface area contributed by atoms with Crippen LogP contribution in [0.3, 0.4) is 0 Å². The molecule has 0 radical (unpaired) electrons. The largest absolute Gasteiger partial charge is 0.319 e. The summed E-state index contributed by atoms with van der Waals surface area (Å²) in [5.41, 5.74) is 8.95. The minimum Gasteiger partial charge on any atom is -0.319 e. The molecular formula is C23H37N3O4. The Morgan fingerprint density at radius 3 is 2.23 bits per heavy atom. The molecule has 0 aliphatic heterocycles. The molecule has 0 aromatic heterocycles. The summed E-state index contributed by atoms with van der Waals surface area (Å²) in [5, 5.41) is 0. The predicted molar refractivity (Wildman–Crippen MR) is 117 cm³/mol. The number of nitrogens with two attached hydrogens (primary N) is 1. The van der Waals surface area contributed by atoms with Crippen LogP contribution in [0.25, 0.3) is 0 Å². The molecule has 7 nitrogen and oxygen atoms in total. The number of hydrogen-bond acceptors (Lipinski definition) is 5. The van der Waals surface area contributed by atoms with E-state index >= 15 is 0 Å². The fourth-order valence-electron chi connectivity index (χ4n) is 3.00. The summed E-state index contributed by atoms with van der Waals surface area (Å²) in [6.45, 7) is 9.86. The first-order chi connectivity index (χ1) is 13.9. The lowest BCUT2D eigenvalue weighted by atomic mass is 9.86. The summed E-state index contributed by atoms with van der Waals surface area (Å²) >= 11 is 0. The van der Waals surface area contributed by atoms with Gasteiger partial charge in [-0.1, -0.05) is 65.0 Å². The van der Waals surface area contributed by atoms with Gasteiger partial charge in [0, 0.05) is 19.4 Å². The van der Waals surface area contributed by atoms with E-state index in [0.29, 0.717) is 12.8 Å². The Hall–Kier alpha value is -2.25. The summed E-state index contributed by atoms with van der Waals surface area (Å²) in [4.78, 5) is 44.1. The van der Waals surface area contributed by atoms with Crippen molar-refractivity contribution >= 4 is 17.7 Å². The molecule has 1 aromatic rings. The molecule has 1 aromatic carbocycles. The van der Waals surface area contributed by atoms with Crippen molar-refractivity contribution in [2.75, 3.05) is 7.05 Å². The molecule has 0 saturated heterocycles. The van der Waals surface area contributed by atoms with E-state index in [1.807, 2.05) is 65.0 Å². The van der Waals surface area contributed by atoms with Crippen LogP contribution in [-0.4, -0.2) is 35.7 Å². The van der Waals surface area contributed by atoms with Crippen molar-refractivity contribution in [2.45, 2.75) is 66.5 Å². The van der Waals surface area contributed by atoms with E-state index < -0.39 is 23.3 Å². The Morgan fingerprint density at radius 2 is 1.70 bits per heavy atom. The number of carbonyl (C=O) groups is 3. The van der Waals surface area contributed by atoms with E-state index in [9.17, 15) is 14.4 Å². The molecule has 0 heterocycles. The van der Waals surface area contributed by atoms with Gasteiger partial charge in [-0.25, -0.2) is 5.48 Å². The maximum atomic E-state index is 12.9. The zero-order valence-corrected chi connectivity index (χ0v) is 19.1. The molecule has 0 unspecified atom stereocenters. The summed E-state index contributed by atoms with van der Waals surface area (Å²) in [6.07, 6.45) is 1.05. The first-order valence-electron chi connectivity index (χ1n) is 10.4. The van der Waals surface area contributed by atoms with E-state index in [4.69, 9.17) is 10.6 Å². The molecule has 7 heteroatoms. The number of nitrogens with zero attached hydrogens (tertiary/aromatic N) is 1. The van der Waals surface area contributed by atoms with E-state index in [-0.39, 0.29) is 30.8 Å². The molecule has 0 aliphatic carbocycles. The third kappa shape index (κ3) is 8.63. The number of hydroxylamine groups is 1. The first kappa shape index (κ1) is 25.8. The number of likely N-dealkylation sites (N-methyl/N-ethyl adjacent to an activating group) is 1. The SMILES string of the molecule is CC(C)C[C@@H](CCC(=O)NOCc1ccccc1)C(=O)N(C)C(=O)[C@@H](N)C(C)(C)C. The van der Waals surface area contributed by atoms with E-state index in [0.717, 1.165) is 10.5 Å². The number of amides is 3. The summed E-state index contributed by atoms with van der Waals surface area (Å²) in [6, 6.07) is 8.72. The maximum Gasteiger partial charge on any atom is 0.246 e. The molecule has 30 heavy (non-hydrogen) atoms. The normalized spacial score (nSPS) is 13.6. The smallest absolute Gasteiger partial charge is 0.246 e. The van der Waals surface area contributed by atoms with E-state index in [1.54, 1.807) is 0 Å². The number of benzene rings is 1. The van der Waals surface area contributed by atoms with E-state index in [2.05, 4.69) is 5.48 Å². The van der Waals surface area contributed by atoms with Crippen LogP contribution < -0.4 is 11.2 Å². The number of carbonyl (C=O) groups excluding carboxylic acids is 3. The predicted octanol–water partition coefficient (Wildman–Crippen LogP) is 3.04. The second-order valence-corrected chi connectivity index (χ2v) is 9.24. The zero-order valence-electron chi connectivity index (χ0n) is 19.1. The van der Waals surface area contributed by atoms with Crippen molar-refractivity contribution in [3.63, 3.8) is 0 Å². The van der Waals surface area contributed by atoms with Crippen LogP contribution in [0.15, 0.2) is 30.3 Å². The summed E-state index contributed by atoms with van der Waals surface area (Å²) in [5.74, 6) is -1.20. The zero-order chi connectivity index (χ0) is 22.9. The average Bonchev–Trinajstić information content (AvgIpc) is 2.68. The molecule has 0 fully saturated rings. The van der Waals surface area contributed by atoms with Gasteiger partial charge in [0.1, 0.15) is 0 Å². The molecule has 0 saturated carbocycles. The Morgan fingerprint density at radius 1 is 1.10 bits per heavy atom. The van der Waals surface area contributed by atoms with Crippen molar-refractivity contribution in [3.8, 4) is 0 Å². The van der Waals surface area contributed by atoms with Crippen molar-refractivity contribution in [2.24, 2.45) is 23.0 Å². The van der Waals surface area contributed by atoms with Crippen LogP contribution in [0.2, 0.25) is 0 Å². The Bertz CT molecular complexity index is 698.